The molecule has 0 radical (unpaired) electrons. The smallest absolute Gasteiger partial charge is 0.238 e. The lowest BCUT2D eigenvalue weighted by Gasteiger charge is -2.29. The van der Waals surface area contributed by atoms with Crippen molar-refractivity contribution >= 4 is 5.91 Å². The maximum Gasteiger partial charge on any atom is 0.238 e. The van der Waals surface area contributed by atoms with Crippen molar-refractivity contribution in [1.29, 1.82) is 0 Å². The monoisotopic (exact) mass is 208 g/mol. The van der Waals surface area contributed by atoms with Crippen molar-refractivity contribution in [3.05, 3.63) is 0 Å². The summed E-state index contributed by atoms with van der Waals surface area (Å²) in [4.78, 5) is 14.0. The van der Waals surface area contributed by atoms with Crippen LogP contribution in [0.3, 0.4) is 0 Å². The van der Waals surface area contributed by atoms with Gasteiger partial charge in [-0.25, -0.2) is 0 Å². The average molecular weight is 208 g/mol. The SMILES string of the molecule is CC1CC1N1C(=O)CNC1C1CCCC1. The second-order valence-electron chi connectivity index (χ2n) is 5.45. The summed E-state index contributed by atoms with van der Waals surface area (Å²) in [7, 11) is 0. The highest BCUT2D eigenvalue weighted by Gasteiger charge is 2.48. The minimum atomic E-state index is 0.334. The molecule has 1 saturated heterocycles. The summed E-state index contributed by atoms with van der Waals surface area (Å²) in [5.41, 5.74) is 0. The predicted molar refractivity (Wildman–Crippen MR) is 58.2 cm³/mol. The molecule has 3 atom stereocenters. The van der Waals surface area contributed by atoms with Gasteiger partial charge in [-0.3, -0.25) is 10.1 Å². The maximum atomic E-state index is 11.8. The van der Waals surface area contributed by atoms with E-state index in [4.69, 9.17) is 0 Å². The van der Waals surface area contributed by atoms with Crippen LogP contribution in [0, 0.1) is 11.8 Å². The summed E-state index contributed by atoms with van der Waals surface area (Å²) in [6.07, 6.45) is 6.91. The van der Waals surface area contributed by atoms with Crippen LogP contribution in [0.1, 0.15) is 39.0 Å². The summed E-state index contributed by atoms with van der Waals surface area (Å²) in [6, 6.07) is 0.554. The number of hydrogen-bond acceptors (Lipinski definition) is 2. The molecule has 3 nitrogen and oxygen atoms in total. The van der Waals surface area contributed by atoms with E-state index in [0.29, 0.717) is 24.7 Å². The summed E-state index contributed by atoms with van der Waals surface area (Å²) < 4.78 is 0. The van der Waals surface area contributed by atoms with Crippen molar-refractivity contribution in [2.24, 2.45) is 11.8 Å². The van der Waals surface area contributed by atoms with E-state index in [0.717, 1.165) is 11.8 Å². The van der Waals surface area contributed by atoms with Gasteiger partial charge in [0.2, 0.25) is 5.91 Å². The van der Waals surface area contributed by atoms with E-state index < -0.39 is 0 Å². The molecule has 2 saturated carbocycles. The van der Waals surface area contributed by atoms with Crippen LogP contribution >= 0.6 is 0 Å². The Morgan fingerprint density at radius 3 is 2.60 bits per heavy atom. The zero-order valence-corrected chi connectivity index (χ0v) is 9.41. The molecule has 3 rings (SSSR count). The van der Waals surface area contributed by atoms with Gasteiger partial charge in [0, 0.05) is 6.04 Å². The fourth-order valence-corrected chi connectivity index (χ4v) is 3.28. The zero-order chi connectivity index (χ0) is 10.4. The molecule has 0 aromatic rings. The van der Waals surface area contributed by atoms with E-state index in [-0.39, 0.29) is 0 Å². The molecule has 0 spiro atoms. The van der Waals surface area contributed by atoms with Gasteiger partial charge in [0.1, 0.15) is 0 Å². The minimum Gasteiger partial charge on any atom is -0.323 e. The molecule has 1 amide bonds. The van der Waals surface area contributed by atoms with Gasteiger partial charge >= 0.3 is 0 Å². The fourth-order valence-electron chi connectivity index (χ4n) is 3.28. The Kier molecular flexibility index (Phi) is 2.23. The molecule has 3 unspecified atom stereocenters. The van der Waals surface area contributed by atoms with E-state index >= 15 is 0 Å². The van der Waals surface area contributed by atoms with Crippen molar-refractivity contribution in [3.8, 4) is 0 Å². The van der Waals surface area contributed by atoms with Crippen LogP contribution in [0.2, 0.25) is 0 Å². The molecular weight excluding hydrogens is 188 g/mol. The highest BCUT2D eigenvalue weighted by Crippen LogP contribution is 2.40. The maximum absolute atomic E-state index is 11.8. The van der Waals surface area contributed by atoms with Gasteiger partial charge in [0.25, 0.3) is 0 Å². The van der Waals surface area contributed by atoms with Crippen LogP contribution in [-0.2, 0) is 4.79 Å². The number of carbonyl (C=O) groups is 1. The van der Waals surface area contributed by atoms with Crippen LogP contribution in [0.25, 0.3) is 0 Å². The van der Waals surface area contributed by atoms with E-state index in [1.807, 2.05) is 0 Å². The first-order valence-electron chi connectivity index (χ1n) is 6.32. The lowest BCUT2D eigenvalue weighted by molar-refractivity contribution is -0.129. The molecule has 1 aliphatic heterocycles. The Balaban J connectivity index is 1.73. The molecule has 0 bridgehead atoms. The number of amides is 1. The van der Waals surface area contributed by atoms with Gasteiger partial charge in [-0.05, 0) is 31.1 Å². The van der Waals surface area contributed by atoms with Gasteiger partial charge in [-0.1, -0.05) is 19.8 Å². The summed E-state index contributed by atoms with van der Waals surface area (Å²) in [6.45, 7) is 2.83. The predicted octanol–water partition coefficient (Wildman–Crippen LogP) is 1.34. The molecule has 15 heavy (non-hydrogen) atoms. The van der Waals surface area contributed by atoms with Gasteiger partial charge in [0.15, 0.2) is 0 Å². The van der Waals surface area contributed by atoms with Gasteiger partial charge < -0.3 is 4.90 Å². The fraction of sp³-hybridized carbons (Fsp3) is 0.917. The molecule has 84 valence electrons. The third-order valence-corrected chi connectivity index (χ3v) is 4.32. The third-order valence-electron chi connectivity index (χ3n) is 4.32. The first-order chi connectivity index (χ1) is 7.27. The van der Waals surface area contributed by atoms with Crippen LogP contribution in [-0.4, -0.2) is 29.6 Å². The van der Waals surface area contributed by atoms with Crippen LogP contribution in [0.15, 0.2) is 0 Å². The molecule has 2 aliphatic carbocycles. The highest BCUT2D eigenvalue weighted by atomic mass is 16.2. The molecule has 1 N–H and O–H groups in total. The van der Waals surface area contributed by atoms with E-state index in [1.165, 1.54) is 32.1 Å². The molecule has 3 aliphatic rings. The van der Waals surface area contributed by atoms with Crippen molar-refractivity contribution < 1.29 is 4.79 Å². The first-order valence-corrected chi connectivity index (χ1v) is 6.32. The van der Waals surface area contributed by atoms with Crippen molar-refractivity contribution in [2.75, 3.05) is 6.54 Å². The normalized spacial score (nSPS) is 41.5. The number of nitrogens with one attached hydrogen (secondary N) is 1. The molecule has 0 aromatic carbocycles. The first kappa shape index (κ1) is 9.64. The Morgan fingerprint density at radius 2 is 2.00 bits per heavy atom. The van der Waals surface area contributed by atoms with Gasteiger partial charge in [0.05, 0.1) is 12.7 Å². The Hall–Kier alpha value is -0.570. The van der Waals surface area contributed by atoms with E-state index in [9.17, 15) is 4.79 Å². The van der Waals surface area contributed by atoms with E-state index in [2.05, 4.69) is 17.1 Å². The number of hydrogen-bond donors (Lipinski definition) is 1. The lowest BCUT2D eigenvalue weighted by Crippen LogP contribution is -2.44. The largest absolute Gasteiger partial charge is 0.323 e. The zero-order valence-electron chi connectivity index (χ0n) is 9.41. The Morgan fingerprint density at radius 1 is 1.33 bits per heavy atom. The standard InChI is InChI=1S/C12H20N2O/c1-8-6-10(8)14-11(15)7-13-12(14)9-4-2-3-5-9/h8-10,12-13H,2-7H2,1H3. The number of carbonyl (C=O) groups excluding carboxylic acids is 1. The number of rotatable bonds is 2. The molecule has 1 heterocycles. The molecule has 3 heteroatoms. The molecular formula is C12H20N2O. The van der Waals surface area contributed by atoms with Crippen molar-refractivity contribution in [2.45, 2.75) is 51.2 Å². The average Bonchev–Trinajstić information content (AvgIpc) is 2.72. The summed E-state index contributed by atoms with van der Waals surface area (Å²) in [5.74, 6) is 1.79. The van der Waals surface area contributed by atoms with Crippen LogP contribution in [0.5, 0.6) is 0 Å². The minimum absolute atomic E-state index is 0.334. The topological polar surface area (TPSA) is 32.3 Å². The number of nitrogens with zero attached hydrogens (tertiary/aromatic N) is 1. The quantitative estimate of drug-likeness (QED) is 0.743. The third kappa shape index (κ3) is 1.57. The summed E-state index contributed by atoms with van der Waals surface area (Å²) in [5, 5.41) is 3.42. The second kappa shape index (κ2) is 3.48. The van der Waals surface area contributed by atoms with Gasteiger partial charge in [-0.2, -0.15) is 0 Å². The summed E-state index contributed by atoms with van der Waals surface area (Å²) >= 11 is 0. The van der Waals surface area contributed by atoms with Gasteiger partial charge in [-0.15, -0.1) is 0 Å². The highest BCUT2D eigenvalue weighted by molar-refractivity contribution is 5.81. The lowest BCUT2D eigenvalue weighted by atomic mass is 10.0. The van der Waals surface area contributed by atoms with E-state index in [1.54, 1.807) is 0 Å². The van der Waals surface area contributed by atoms with Crippen molar-refractivity contribution in [1.82, 2.24) is 10.2 Å². The van der Waals surface area contributed by atoms with Crippen molar-refractivity contribution in [3.63, 3.8) is 0 Å². The van der Waals surface area contributed by atoms with Crippen LogP contribution < -0.4 is 5.32 Å². The Bertz CT molecular complexity index is 273. The Labute approximate surface area is 91.2 Å². The van der Waals surface area contributed by atoms with Crippen LogP contribution in [0.4, 0.5) is 0 Å². The molecule has 3 fully saturated rings. The molecule has 0 aromatic heterocycles. The second-order valence-corrected chi connectivity index (χ2v) is 5.45.